The third-order valence-corrected chi connectivity index (χ3v) is 10.8. The molecule has 5 aliphatic rings. The van der Waals surface area contributed by atoms with E-state index in [-0.39, 0.29) is 0 Å². The van der Waals surface area contributed by atoms with Gasteiger partial charge in [0.25, 0.3) is 0 Å². The average Bonchev–Trinajstić information content (AvgIpc) is 3.15. The summed E-state index contributed by atoms with van der Waals surface area (Å²) in [5.74, 6) is 5.80. The van der Waals surface area contributed by atoms with Gasteiger partial charge in [-0.25, -0.2) is 0 Å². The maximum atomic E-state index is 2.68. The van der Waals surface area contributed by atoms with Gasteiger partial charge in [0, 0.05) is 13.1 Å². The van der Waals surface area contributed by atoms with Crippen LogP contribution in [0.4, 0.5) is 0 Å². The van der Waals surface area contributed by atoms with Crippen LogP contribution in [-0.2, 0) is 13.0 Å². The first-order chi connectivity index (χ1) is 15.6. The minimum atomic E-state index is 0.408. The molecular formula is C31H43N. The lowest BCUT2D eigenvalue weighted by Gasteiger charge is -2.56. The number of likely N-dealkylation sites (N-methyl/N-ethyl adjacent to an activating group) is 1. The van der Waals surface area contributed by atoms with E-state index in [1.807, 2.05) is 0 Å². The number of nitrogens with zero attached hydrogens (tertiary/aromatic N) is 1. The molecule has 0 aromatic heterocycles. The molecule has 0 spiro atoms. The minimum Gasteiger partial charge on any atom is -0.302 e. The third-order valence-electron chi connectivity index (χ3n) is 10.8. The van der Waals surface area contributed by atoms with E-state index in [0.29, 0.717) is 5.41 Å². The van der Waals surface area contributed by atoms with Crippen LogP contribution in [0, 0.1) is 40.9 Å². The lowest BCUT2D eigenvalue weighted by Crippen LogP contribution is -2.47. The second-order valence-electron chi connectivity index (χ2n) is 12.3. The molecular weight excluding hydrogens is 386 g/mol. The fraction of sp³-hybridized carbons (Fsp3) is 0.677. The molecule has 1 aromatic carbocycles. The summed E-state index contributed by atoms with van der Waals surface area (Å²) in [6, 6.07) is 7.49. The highest BCUT2D eigenvalue weighted by Gasteiger charge is 2.54. The Morgan fingerprint density at radius 3 is 2.75 bits per heavy atom. The van der Waals surface area contributed by atoms with Crippen LogP contribution in [-0.4, -0.2) is 18.5 Å². The molecule has 172 valence electrons. The van der Waals surface area contributed by atoms with E-state index in [4.69, 9.17) is 0 Å². The summed E-state index contributed by atoms with van der Waals surface area (Å²) in [5, 5.41) is 0. The number of fused-ring (bicyclic) bond motifs is 6. The molecule has 0 saturated heterocycles. The maximum absolute atomic E-state index is 2.68. The molecule has 0 N–H and O–H groups in total. The molecule has 0 radical (unpaired) electrons. The van der Waals surface area contributed by atoms with Crippen LogP contribution in [0.2, 0.25) is 0 Å². The smallest absolute Gasteiger partial charge is 0.0233 e. The molecule has 4 aliphatic carbocycles. The summed E-state index contributed by atoms with van der Waals surface area (Å²) in [6.45, 7) is 7.18. The molecule has 7 unspecified atom stereocenters. The van der Waals surface area contributed by atoms with Crippen LogP contribution in [0.3, 0.4) is 0 Å². The van der Waals surface area contributed by atoms with Crippen molar-refractivity contribution in [2.75, 3.05) is 13.6 Å². The predicted octanol–water partition coefficient (Wildman–Crippen LogP) is 7.51. The van der Waals surface area contributed by atoms with Crippen molar-refractivity contribution in [2.45, 2.75) is 78.2 Å². The Morgan fingerprint density at radius 2 is 1.88 bits per heavy atom. The first-order valence-corrected chi connectivity index (χ1v) is 13.7. The van der Waals surface area contributed by atoms with Crippen LogP contribution in [0.5, 0.6) is 0 Å². The fourth-order valence-electron chi connectivity index (χ4n) is 9.22. The van der Waals surface area contributed by atoms with Crippen molar-refractivity contribution in [3.63, 3.8) is 0 Å². The van der Waals surface area contributed by atoms with Gasteiger partial charge in [-0.2, -0.15) is 0 Å². The number of allylic oxidation sites excluding steroid dienone is 4. The van der Waals surface area contributed by atoms with Gasteiger partial charge in [0.15, 0.2) is 0 Å². The molecule has 0 amide bonds. The van der Waals surface area contributed by atoms with Gasteiger partial charge in [0.05, 0.1) is 0 Å². The molecule has 0 bridgehead atoms. The van der Waals surface area contributed by atoms with E-state index in [0.717, 1.165) is 42.1 Å². The Bertz CT molecular complexity index is 924. The quantitative estimate of drug-likeness (QED) is 0.440. The van der Waals surface area contributed by atoms with Gasteiger partial charge >= 0.3 is 0 Å². The van der Waals surface area contributed by atoms with Gasteiger partial charge in [0.1, 0.15) is 0 Å². The highest BCUT2D eigenvalue weighted by atomic mass is 15.1. The Morgan fingerprint density at radius 1 is 1.00 bits per heavy atom. The average molecular weight is 430 g/mol. The van der Waals surface area contributed by atoms with Gasteiger partial charge in [0.2, 0.25) is 0 Å². The summed E-state index contributed by atoms with van der Waals surface area (Å²) < 4.78 is 0. The molecule has 7 atom stereocenters. The summed E-state index contributed by atoms with van der Waals surface area (Å²) in [7, 11) is 2.27. The minimum absolute atomic E-state index is 0.408. The van der Waals surface area contributed by atoms with Gasteiger partial charge in [-0.05, 0) is 141 Å². The SMILES string of the molecule is CC=CC1CCC2C(CCC3C2CCC2(C)C(c4ccc5c(c4)CN(C)CC5)=CCC32)C1. The zero-order valence-electron chi connectivity index (χ0n) is 20.7. The summed E-state index contributed by atoms with van der Waals surface area (Å²) in [5.41, 5.74) is 6.82. The molecule has 1 aliphatic heterocycles. The molecule has 1 heterocycles. The first-order valence-electron chi connectivity index (χ1n) is 13.7. The van der Waals surface area contributed by atoms with Crippen molar-refractivity contribution in [1.29, 1.82) is 0 Å². The van der Waals surface area contributed by atoms with Crippen LogP contribution >= 0.6 is 0 Å². The molecule has 1 nitrogen and oxygen atoms in total. The van der Waals surface area contributed by atoms with E-state index in [1.165, 1.54) is 64.3 Å². The van der Waals surface area contributed by atoms with Crippen molar-refractivity contribution in [3.05, 3.63) is 53.1 Å². The van der Waals surface area contributed by atoms with Crippen molar-refractivity contribution in [3.8, 4) is 0 Å². The molecule has 3 saturated carbocycles. The van der Waals surface area contributed by atoms with E-state index in [2.05, 4.69) is 62.2 Å². The van der Waals surface area contributed by atoms with Crippen LogP contribution in [0.15, 0.2) is 36.4 Å². The highest BCUT2D eigenvalue weighted by molar-refractivity contribution is 5.73. The van der Waals surface area contributed by atoms with Gasteiger partial charge in [-0.1, -0.05) is 37.3 Å². The standard InChI is InChI=1S/C31H43N/c1-4-5-21-6-10-26-23(18-21)9-11-28-27(26)14-16-31(2)29(12-13-30(28)31)24-8-7-22-15-17-32(3)20-25(22)19-24/h4-5,7-8,12,19,21,23,26-28,30H,6,9-11,13-18,20H2,1-3H3. The first kappa shape index (κ1) is 21.2. The van der Waals surface area contributed by atoms with E-state index in [1.54, 1.807) is 22.3 Å². The molecule has 6 rings (SSSR count). The molecule has 1 aromatic rings. The monoisotopic (exact) mass is 429 g/mol. The van der Waals surface area contributed by atoms with Crippen LogP contribution in [0.1, 0.15) is 81.9 Å². The van der Waals surface area contributed by atoms with E-state index in [9.17, 15) is 0 Å². The largest absolute Gasteiger partial charge is 0.302 e. The predicted molar refractivity (Wildman–Crippen MR) is 135 cm³/mol. The summed E-state index contributed by atoms with van der Waals surface area (Å²) in [6.07, 6.45) is 20.4. The lowest BCUT2D eigenvalue weighted by molar-refractivity contribution is -0.0424. The highest BCUT2D eigenvalue weighted by Crippen LogP contribution is 2.64. The Labute approximate surface area is 196 Å². The van der Waals surface area contributed by atoms with E-state index < -0.39 is 0 Å². The molecule has 3 fully saturated rings. The van der Waals surface area contributed by atoms with Crippen LogP contribution in [0.25, 0.3) is 5.57 Å². The van der Waals surface area contributed by atoms with Gasteiger partial charge in [-0.15, -0.1) is 0 Å². The zero-order valence-corrected chi connectivity index (χ0v) is 20.7. The topological polar surface area (TPSA) is 3.24 Å². The lowest BCUT2D eigenvalue weighted by atomic mass is 9.49. The Hall–Kier alpha value is -1.34. The Balaban J connectivity index is 1.22. The second-order valence-corrected chi connectivity index (χ2v) is 12.3. The van der Waals surface area contributed by atoms with Crippen molar-refractivity contribution < 1.29 is 0 Å². The Kier molecular flexibility index (Phi) is 5.40. The van der Waals surface area contributed by atoms with Gasteiger partial charge in [-0.3, -0.25) is 0 Å². The normalized spacial score (nSPS) is 41.5. The number of hydrogen-bond donors (Lipinski definition) is 0. The van der Waals surface area contributed by atoms with E-state index >= 15 is 0 Å². The van der Waals surface area contributed by atoms with Crippen molar-refractivity contribution >= 4 is 5.57 Å². The number of rotatable bonds is 2. The fourth-order valence-corrected chi connectivity index (χ4v) is 9.22. The zero-order chi connectivity index (χ0) is 21.9. The third kappa shape index (κ3) is 3.37. The number of benzene rings is 1. The second kappa shape index (κ2) is 8.15. The number of hydrogen-bond acceptors (Lipinski definition) is 1. The van der Waals surface area contributed by atoms with Gasteiger partial charge < -0.3 is 4.90 Å². The van der Waals surface area contributed by atoms with Crippen molar-refractivity contribution in [2.24, 2.45) is 40.9 Å². The molecule has 1 heteroatoms. The van der Waals surface area contributed by atoms with Crippen LogP contribution < -0.4 is 0 Å². The van der Waals surface area contributed by atoms with Crippen molar-refractivity contribution in [1.82, 2.24) is 4.90 Å². The molecule has 32 heavy (non-hydrogen) atoms. The summed E-state index contributed by atoms with van der Waals surface area (Å²) >= 11 is 0. The maximum Gasteiger partial charge on any atom is 0.0233 e. The summed E-state index contributed by atoms with van der Waals surface area (Å²) in [4.78, 5) is 2.48.